The van der Waals surface area contributed by atoms with Crippen molar-refractivity contribution in [1.82, 2.24) is 0 Å². The van der Waals surface area contributed by atoms with Crippen LogP contribution in [0.3, 0.4) is 0 Å². The number of carbonyl (C=O) groups excluding carboxylic acids is 1. The van der Waals surface area contributed by atoms with Crippen molar-refractivity contribution in [3.63, 3.8) is 0 Å². The van der Waals surface area contributed by atoms with Crippen molar-refractivity contribution in [2.24, 2.45) is 0 Å². The van der Waals surface area contributed by atoms with Crippen LogP contribution in [0.5, 0.6) is 5.75 Å². The molecule has 24 heavy (non-hydrogen) atoms. The molecule has 0 amide bonds. The highest BCUT2D eigenvalue weighted by molar-refractivity contribution is 7.87. The van der Waals surface area contributed by atoms with Crippen LogP contribution in [0.2, 0.25) is 0 Å². The quantitative estimate of drug-likeness (QED) is 0.419. The van der Waals surface area contributed by atoms with Gasteiger partial charge in [-0.1, -0.05) is 42.5 Å². The van der Waals surface area contributed by atoms with Crippen molar-refractivity contribution >= 4 is 16.4 Å². The van der Waals surface area contributed by atoms with Crippen LogP contribution in [0.15, 0.2) is 71.6 Å². The largest absolute Gasteiger partial charge is 0.378 e. The van der Waals surface area contributed by atoms with E-state index in [1.54, 1.807) is 24.3 Å². The molecule has 0 N–H and O–H groups in total. The lowest BCUT2D eigenvalue weighted by atomic mass is 9.78. The summed E-state index contributed by atoms with van der Waals surface area (Å²) in [5.41, 5.74) is 3.90. The summed E-state index contributed by atoms with van der Waals surface area (Å²) >= 11 is 0. The molecule has 1 aliphatic carbocycles. The Morgan fingerprint density at radius 3 is 2.12 bits per heavy atom. The minimum Gasteiger partial charge on any atom is -0.378 e. The van der Waals surface area contributed by atoms with Crippen molar-refractivity contribution < 1.29 is 17.4 Å². The highest BCUT2D eigenvalue weighted by Crippen LogP contribution is 2.50. The highest BCUT2D eigenvalue weighted by atomic mass is 32.2. The lowest BCUT2D eigenvalue weighted by molar-refractivity contribution is 0.112. The molecule has 118 valence electrons. The van der Waals surface area contributed by atoms with Gasteiger partial charge in [0.25, 0.3) is 0 Å². The van der Waals surface area contributed by atoms with Gasteiger partial charge in [0.2, 0.25) is 0 Å². The lowest BCUT2D eigenvalue weighted by Crippen LogP contribution is -2.12. The SMILES string of the molecule is O=Cc1c(OS(=O)(=O)c2ccccc2)ccc2c1-c1ccccc1-2. The van der Waals surface area contributed by atoms with E-state index in [-0.39, 0.29) is 16.2 Å². The molecule has 3 aromatic rings. The second-order valence-corrected chi connectivity index (χ2v) is 6.96. The highest BCUT2D eigenvalue weighted by Gasteiger charge is 2.28. The van der Waals surface area contributed by atoms with Crippen LogP contribution >= 0.6 is 0 Å². The molecule has 0 radical (unpaired) electrons. The van der Waals surface area contributed by atoms with Crippen molar-refractivity contribution in [2.45, 2.75) is 4.90 Å². The summed E-state index contributed by atoms with van der Waals surface area (Å²) < 4.78 is 30.0. The van der Waals surface area contributed by atoms with E-state index < -0.39 is 10.1 Å². The first-order valence-corrected chi connectivity index (χ1v) is 8.74. The molecule has 0 saturated carbocycles. The zero-order chi connectivity index (χ0) is 16.7. The number of carbonyl (C=O) groups is 1. The fraction of sp³-hybridized carbons (Fsp3) is 0. The molecule has 0 aliphatic heterocycles. The van der Waals surface area contributed by atoms with Crippen LogP contribution in [0.25, 0.3) is 22.3 Å². The molecule has 0 spiro atoms. The predicted molar refractivity (Wildman–Crippen MR) is 90.5 cm³/mol. The Balaban J connectivity index is 1.79. The van der Waals surface area contributed by atoms with Crippen LogP contribution in [-0.2, 0) is 10.1 Å². The van der Waals surface area contributed by atoms with E-state index >= 15 is 0 Å². The van der Waals surface area contributed by atoms with Crippen molar-refractivity contribution in [3.05, 3.63) is 72.3 Å². The molecular weight excluding hydrogens is 324 g/mol. The second-order valence-electron chi connectivity index (χ2n) is 5.41. The maximum atomic E-state index is 12.4. The molecule has 0 unspecified atom stereocenters. The van der Waals surface area contributed by atoms with E-state index in [0.29, 0.717) is 6.29 Å². The lowest BCUT2D eigenvalue weighted by Gasteiger charge is -2.26. The summed E-state index contributed by atoms with van der Waals surface area (Å²) in [6, 6.07) is 18.8. The van der Waals surface area contributed by atoms with Gasteiger partial charge in [0, 0.05) is 5.56 Å². The predicted octanol–water partition coefficient (Wildman–Crippen LogP) is 3.91. The van der Waals surface area contributed by atoms with Crippen LogP contribution in [0.1, 0.15) is 10.4 Å². The summed E-state index contributed by atoms with van der Waals surface area (Å²) in [5, 5.41) is 0. The molecule has 0 aromatic heterocycles. The van der Waals surface area contributed by atoms with E-state index in [1.807, 2.05) is 24.3 Å². The number of aldehydes is 1. The summed E-state index contributed by atoms with van der Waals surface area (Å²) in [5.74, 6) is 0.0436. The molecule has 4 rings (SSSR count). The Labute approximate surface area is 139 Å². The molecule has 0 heterocycles. The van der Waals surface area contributed by atoms with E-state index in [2.05, 4.69) is 0 Å². The van der Waals surface area contributed by atoms with Gasteiger partial charge in [-0.05, 0) is 41.0 Å². The average molecular weight is 336 g/mol. The molecule has 5 heteroatoms. The Hall–Kier alpha value is -2.92. The zero-order valence-corrected chi connectivity index (χ0v) is 13.3. The summed E-state index contributed by atoms with van der Waals surface area (Å²) in [7, 11) is -3.99. The topological polar surface area (TPSA) is 60.4 Å². The van der Waals surface area contributed by atoms with Gasteiger partial charge in [0.05, 0.1) is 5.56 Å². The van der Waals surface area contributed by atoms with Crippen LogP contribution in [0.4, 0.5) is 0 Å². The van der Waals surface area contributed by atoms with E-state index in [4.69, 9.17) is 4.18 Å². The Kier molecular flexibility index (Phi) is 3.25. The normalized spacial score (nSPS) is 11.8. The minimum absolute atomic E-state index is 0.0436. The molecule has 0 atom stereocenters. The first-order chi connectivity index (χ1) is 11.6. The van der Waals surface area contributed by atoms with Gasteiger partial charge < -0.3 is 4.18 Å². The van der Waals surface area contributed by atoms with Gasteiger partial charge in [0.1, 0.15) is 4.90 Å². The van der Waals surface area contributed by atoms with Crippen molar-refractivity contribution in [1.29, 1.82) is 0 Å². The smallest absolute Gasteiger partial charge is 0.339 e. The van der Waals surface area contributed by atoms with Gasteiger partial charge in [-0.15, -0.1) is 0 Å². The van der Waals surface area contributed by atoms with Crippen molar-refractivity contribution in [3.8, 4) is 28.0 Å². The summed E-state index contributed by atoms with van der Waals surface area (Å²) in [6.45, 7) is 0. The van der Waals surface area contributed by atoms with Gasteiger partial charge in [0.15, 0.2) is 12.0 Å². The first-order valence-electron chi connectivity index (χ1n) is 7.33. The Morgan fingerprint density at radius 2 is 1.42 bits per heavy atom. The molecule has 0 bridgehead atoms. The monoisotopic (exact) mass is 336 g/mol. The van der Waals surface area contributed by atoms with Gasteiger partial charge in [-0.3, -0.25) is 4.79 Å². The van der Waals surface area contributed by atoms with E-state index in [1.165, 1.54) is 18.2 Å². The maximum absolute atomic E-state index is 12.4. The van der Waals surface area contributed by atoms with Gasteiger partial charge >= 0.3 is 10.1 Å². The van der Waals surface area contributed by atoms with Crippen molar-refractivity contribution in [2.75, 3.05) is 0 Å². The van der Waals surface area contributed by atoms with E-state index in [9.17, 15) is 13.2 Å². The fourth-order valence-electron chi connectivity index (χ4n) is 2.93. The second kappa shape index (κ2) is 5.32. The number of benzene rings is 3. The Bertz CT molecular complexity index is 1050. The third-order valence-electron chi connectivity index (χ3n) is 4.04. The average Bonchev–Trinajstić information content (AvgIpc) is 2.60. The van der Waals surface area contributed by atoms with Gasteiger partial charge in [-0.25, -0.2) is 0 Å². The van der Waals surface area contributed by atoms with Crippen LogP contribution in [0, 0.1) is 0 Å². The van der Waals surface area contributed by atoms with Gasteiger partial charge in [-0.2, -0.15) is 8.42 Å². The molecular formula is C19H12O4S. The third-order valence-corrected chi connectivity index (χ3v) is 5.29. The molecule has 1 aliphatic rings. The fourth-order valence-corrected chi connectivity index (χ4v) is 3.90. The molecule has 0 fully saturated rings. The molecule has 0 saturated heterocycles. The number of hydrogen-bond acceptors (Lipinski definition) is 4. The first kappa shape index (κ1) is 14.7. The molecule has 3 aromatic carbocycles. The number of hydrogen-bond donors (Lipinski definition) is 0. The zero-order valence-electron chi connectivity index (χ0n) is 12.5. The standard InChI is InChI=1S/C19H12O4S/c20-12-17-18(23-24(21,22)13-6-2-1-3-7-13)11-10-16-14-8-4-5-9-15(14)19(16)17/h1-12H. The molecule has 4 nitrogen and oxygen atoms in total. The maximum Gasteiger partial charge on any atom is 0.339 e. The summed E-state index contributed by atoms with van der Waals surface area (Å²) in [6.07, 6.45) is 0.643. The van der Waals surface area contributed by atoms with E-state index in [0.717, 1.165) is 22.3 Å². The summed E-state index contributed by atoms with van der Waals surface area (Å²) in [4.78, 5) is 11.6. The van der Waals surface area contributed by atoms with Crippen LogP contribution < -0.4 is 4.18 Å². The number of rotatable bonds is 4. The minimum atomic E-state index is -3.99. The van der Waals surface area contributed by atoms with Crippen LogP contribution in [-0.4, -0.2) is 14.7 Å². The Morgan fingerprint density at radius 1 is 0.750 bits per heavy atom. The third kappa shape index (κ3) is 2.13. The number of fused-ring (bicyclic) bond motifs is 4.